The van der Waals surface area contributed by atoms with Gasteiger partial charge >= 0.3 is 0 Å². The largest absolute Gasteiger partial charge is 0.298 e. The summed E-state index contributed by atoms with van der Waals surface area (Å²) >= 11 is 4.86. The zero-order chi connectivity index (χ0) is 20.8. The van der Waals surface area contributed by atoms with Gasteiger partial charge < -0.3 is 0 Å². The highest BCUT2D eigenvalue weighted by Gasteiger charge is 2.20. The van der Waals surface area contributed by atoms with Gasteiger partial charge in [0.2, 0.25) is 0 Å². The highest BCUT2D eigenvalue weighted by atomic mass is 32.1. The molecular weight excluding hydrogens is 390 g/mol. The molecule has 0 unspecified atom stereocenters. The summed E-state index contributed by atoms with van der Waals surface area (Å²) in [5, 5.41) is 23.6. The Hall–Kier alpha value is -3.93. The van der Waals surface area contributed by atoms with Crippen LogP contribution in [-0.4, -0.2) is 26.8 Å². The fourth-order valence-corrected chi connectivity index (χ4v) is 2.18. The van der Waals surface area contributed by atoms with E-state index in [4.69, 9.17) is 12.2 Å². The normalized spacial score (nSPS) is 9.89. The van der Waals surface area contributed by atoms with Gasteiger partial charge in [-0.2, -0.15) is 0 Å². The number of non-ortho nitro benzene ring substituents is 2. The van der Waals surface area contributed by atoms with Crippen molar-refractivity contribution >= 4 is 40.5 Å². The standard InChI is InChI=1S/C16H13N5O6S/c1-9-2-4-10(5-3-9)15(23)18-19-16(28)17-14(22)11-6-12(20(24)25)8-13(7-11)21(26)27/h2-8H,1H3,(H,18,23)(H2,17,19,22,28). The molecule has 0 aliphatic carbocycles. The Morgan fingerprint density at radius 3 is 1.89 bits per heavy atom. The number of aryl methyl sites for hydroxylation is 1. The number of hydrazine groups is 1. The number of hydrogen-bond donors (Lipinski definition) is 3. The minimum atomic E-state index is -0.922. The quantitative estimate of drug-likeness (QED) is 0.396. The molecule has 144 valence electrons. The predicted octanol–water partition coefficient (Wildman–Crippen LogP) is 1.76. The Labute approximate surface area is 163 Å². The predicted molar refractivity (Wildman–Crippen MR) is 102 cm³/mol. The number of amides is 2. The third kappa shape index (κ3) is 5.28. The molecule has 0 aromatic heterocycles. The van der Waals surface area contributed by atoms with Crippen molar-refractivity contribution in [3.05, 3.63) is 79.4 Å². The van der Waals surface area contributed by atoms with Crippen molar-refractivity contribution in [3.8, 4) is 0 Å². The summed E-state index contributed by atoms with van der Waals surface area (Å²) in [4.78, 5) is 44.1. The molecule has 0 heterocycles. The maximum atomic E-state index is 12.2. The second-order valence-electron chi connectivity index (χ2n) is 5.48. The smallest absolute Gasteiger partial charge is 0.277 e. The van der Waals surface area contributed by atoms with E-state index in [0.717, 1.165) is 23.8 Å². The highest BCUT2D eigenvalue weighted by Crippen LogP contribution is 2.22. The van der Waals surface area contributed by atoms with Gasteiger partial charge in [-0.3, -0.25) is 46.0 Å². The molecule has 0 radical (unpaired) electrons. The van der Waals surface area contributed by atoms with Crippen LogP contribution in [0.2, 0.25) is 0 Å². The molecule has 0 fully saturated rings. The summed E-state index contributed by atoms with van der Waals surface area (Å²) in [5.41, 5.74) is 4.32. The Morgan fingerprint density at radius 1 is 0.857 bits per heavy atom. The SMILES string of the molecule is Cc1ccc(C(=O)NNC(=S)NC(=O)c2cc([N+](=O)[O-])cc([N+](=O)[O-])c2)cc1. The highest BCUT2D eigenvalue weighted by molar-refractivity contribution is 7.80. The molecule has 0 spiro atoms. The Morgan fingerprint density at radius 2 is 1.39 bits per heavy atom. The first-order chi connectivity index (χ1) is 13.2. The fraction of sp³-hybridized carbons (Fsp3) is 0.0625. The molecule has 28 heavy (non-hydrogen) atoms. The summed E-state index contributed by atoms with van der Waals surface area (Å²) in [7, 11) is 0. The number of hydrogen-bond acceptors (Lipinski definition) is 7. The Kier molecular flexibility index (Phi) is 6.29. The summed E-state index contributed by atoms with van der Waals surface area (Å²) in [6.07, 6.45) is 0. The minimum absolute atomic E-state index is 0.306. The van der Waals surface area contributed by atoms with Crippen molar-refractivity contribution in [2.24, 2.45) is 0 Å². The first-order valence-corrected chi connectivity index (χ1v) is 8.00. The van der Waals surface area contributed by atoms with E-state index in [0.29, 0.717) is 5.56 Å². The van der Waals surface area contributed by atoms with E-state index in [1.54, 1.807) is 24.3 Å². The molecule has 2 amide bonds. The van der Waals surface area contributed by atoms with Crippen LogP contribution in [0, 0.1) is 27.2 Å². The van der Waals surface area contributed by atoms with Crippen LogP contribution in [0.15, 0.2) is 42.5 Å². The van der Waals surface area contributed by atoms with Gasteiger partial charge in [0.05, 0.1) is 21.5 Å². The van der Waals surface area contributed by atoms with Gasteiger partial charge in [0.15, 0.2) is 5.11 Å². The van der Waals surface area contributed by atoms with E-state index in [1.807, 2.05) is 6.92 Å². The lowest BCUT2D eigenvalue weighted by Gasteiger charge is -2.11. The number of benzene rings is 2. The van der Waals surface area contributed by atoms with Gasteiger partial charge in [-0.15, -0.1) is 0 Å². The average Bonchev–Trinajstić information content (AvgIpc) is 2.66. The van der Waals surface area contributed by atoms with Crippen molar-refractivity contribution < 1.29 is 19.4 Å². The second-order valence-corrected chi connectivity index (χ2v) is 5.89. The lowest BCUT2D eigenvalue weighted by Crippen LogP contribution is -2.48. The number of carbonyl (C=O) groups excluding carboxylic acids is 2. The molecule has 2 aromatic rings. The number of nitro groups is 2. The number of nitrogens with zero attached hydrogens (tertiary/aromatic N) is 2. The molecule has 12 heteroatoms. The lowest BCUT2D eigenvalue weighted by molar-refractivity contribution is -0.394. The molecule has 0 saturated heterocycles. The first-order valence-electron chi connectivity index (χ1n) is 7.59. The van der Waals surface area contributed by atoms with Gasteiger partial charge in [0, 0.05) is 17.7 Å². The van der Waals surface area contributed by atoms with Crippen molar-refractivity contribution in [2.45, 2.75) is 6.92 Å². The topological polar surface area (TPSA) is 157 Å². The number of nitro benzene ring substituents is 2. The van der Waals surface area contributed by atoms with Crippen molar-refractivity contribution in [3.63, 3.8) is 0 Å². The van der Waals surface area contributed by atoms with Crippen molar-refractivity contribution in [1.29, 1.82) is 0 Å². The van der Waals surface area contributed by atoms with Crippen LogP contribution >= 0.6 is 12.2 Å². The molecule has 0 bridgehead atoms. The molecule has 0 aliphatic heterocycles. The summed E-state index contributed by atoms with van der Waals surface area (Å²) in [5.74, 6) is -1.43. The third-order valence-electron chi connectivity index (χ3n) is 3.42. The Balaban J connectivity index is 2.03. The van der Waals surface area contributed by atoms with Gasteiger partial charge in [-0.1, -0.05) is 17.7 Å². The summed E-state index contributed by atoms with van der Waals surface area (Å²) in [6.45, 7) is 1.86. The van der Waals surface area contributed by atoms with Crippen LogP contribution in [0.25, 0.3) is 0 Å². The minimum Gasteiger partial charge on any atom is -0.298 e. The maximum Gasteiger partial charge on any atom is 0.277 e. The number of rotatable bonds is 4. The Bertz CT molecular complexity index is 944. The number of thiocarbonyl (C=S) groups is 1. The van der Waals surface area contributed by atoms with E-state index < -0.39 is 33.0 Å². The van der Waals surface area contributed by atoms with E-state index in [1.165, 1.54) is 0 Å². The van der Waals surface area contributed by atoms with Crippen LogP contribution in [-0.2, 0) is 0 Å². The fourth-order valence-electron chi connectivity index (χ4n) is 2.03. The third-order valence-corrected chi connectivity index (χ3v) is 3.62. The molecule has 3 N–H and O–H groups in total. The lowest BCUT2D eigenvalue weighted by atomic mass is 10.1. The zero-order valence-electron chi connectivity index (χ0n) is 14.3. The number of nitrogens with one attached hydrogen (secondary N) is 3. The molecule has 0 aliphatic rings. The van der Waals surface area contributed by atoms with E-state index in [-0.39, 0.29) is 10.7 Å². The van der Waals surface area contributed by atoms with Crippen LogP contribution in [0.5, 0.6) is 0 Å². The van der Waals surface area contributed by atoms with Gasteiger partial charge in [-0.25, -0.2) is 0 Å². The first kappa shape index (κ1) is 20.4. The second kappa shape index (κ2) is 8.64. The molecule has 2 rings (SSSR count). The van der Waals surface area contributed by atoms with Crippen molar-refractivity contribution in [1.82, 2.24) is 16.2 Å². The van der Waals surface area contributed by atoms with Crippen molar-refractivity contribution in [2.75, 3.05) is 0 Å². The van der Waals surface area contributed by atoms with E-state index >= 15 is 0 Å². The number of carbonyl (C=O) groups is 2. The molecule has 11 nitrogen and oxygen atoms in total. The average molecular weight is 403 g/mol. The van der Waals surface area contributed by atoms with Crippen LogP contribution in [0.4, 0.5) is 11.4 Å². The zero-order valence-corrected chi connectivity index (χ0v) is 15.1. The van der Waals surface area contributed by atoms with Gasteiger partial charge in [0.25, 0.3) is 23.2 Å². The van der Waals surface area contributed by atoms with E-state index in [2.05, 4.69) is 16.2 Å². The molecule has 2 aromatic carbocycles. The van der Waals surface area contributed by atoms with Crippen LogP contribution < -0.4 is 16.2 Å². The molecule has 0 atom stereocenters. The van der Waals surface area contributed by atoms with E-state index in [9.17, 15) is 29.8 Å². The van der Waals surface area contributed by atoms with Gasteiger partial charge in [-0.05, 0) is 31.3 Å². The summed E-state index contributed by atoms with van der Waals surface area (Å²) < 4.78 is 0. The van der Waals surface area contributed by atoms with Crippen LogP contribution in [0.1, 0.15) is 26.3 Å². The van der Waals surface area contributed by atoms with Crippen LogP contribution in [0.3, 0.4) is 0 Å². The maximum absolute atomic E-state index is 12.2. The molecule has 0 saturated carbocycles. The monoisotopic (exact) mass is 403 g/mol. The molecular formula is C16H13N5O6S. The van der Waals surface area contributed by atoms with Gasteiger partial charge in [0.1, 0.15) is 0 Å². The summed E-state index contributed by atoms with van der Waals surface area (Å²) in [6, 6.07) is 9.14.